The van der Waals surface area contributed by atoms with E-state index in [4.69, 9.17) is 9.47 Å². The highest BCUT2D eigenvalue weighted by molar-refractivity contribution is 5.92. The summed E-state index contributed by atoms with van der Waals surface area (Å²) in [5.41, 5.74) is 1.47. The minimum Gasteiger partial charge on any atom is -0.504 e. The first kappa shape index (κ1) is 24.9. The summed E-state index contributed by atoms with van der Waals surface area (Å²) in [6.45, 7) is 2.83. The second kappa shape index (κ2) is 13.1. The number of fused-ring (bicyclic) bond motifs is 15. The quantitative estimate of drug-likeness (QED) is 0.515. The van der Waals surface area contributed by atoms with Gasteiger partial charge in [-0.05, 0) is 79.9 Å². The molecule has 0 saturated carbocycles. The van der Waals surface area contributed by atoms with Crippen LogP contribution in [-0.2, 0) is 9.59 Å². The molecule has 0 unspecified atom stereocenters. The number of phenolic OH excluding ortho intramolecular Hbond substituents is 1. The van der Waals surface area contributed by atoms with Crippen molar-refractivity contribution in [2.24, 2.45) is 0 Å². The number of phenols is 1. The number of aromatic hydroxyl groups is 1. The van der Waals surface area contributed by atoms with Gasteiger partial charge in [0.25, 0.3) is 0 Å². The van der Waals surface area contributed by atoms with Gasteiger partial charge in [0.05, 0.1) is 7.11 Å². The Morgan fingerprint density at radius 1 is 0.765 bits per heavy atom. The van der Waals surface area contributed by atoms with Crippen LogP contribution >= 0.6 is 0 Å². The molecule has 0 saturated heterocycles. The van der Waals surface area contributed by atoms with E-state index in [2.05, 4.69) is 16.0 Å². The molecule has 2 amide bonds. The van der Waals surface area contributed by atoms with Gasteiger partial charge in [-0.1, -0.05) is 12.1 Å². The van der Waals surface area contributed by atoms with Crippen LogP contribution in [-0.4, -0.2) is 50.2 Å². The Hall–Kier alpha value is -3.78. The maximum atomic E-state index is 12.1. The highest BCUT2D eigenvalue weighted by Crippen LogP contribution is 2.37. The smallest absolute Gasteiger partial charge is 0.243 e. The van der Waals surface area contributed by atoms with Crippen LogP contribution < -0.4 is 25.4 Å². The lowest BCUT2D eigenvalue weighted by atomic mass is 10.1. The van der Waals surface area contributed by atoms with E-state index in [9.17, 15) is 14.7 Å². The van der Waals surface area contributed by atoms with E-state index in [1.165, 1.54) is 25.3 Å². The van der Waals surface area contributed by atoms with Gasteiger partial charge in [0.2, 0.25) is 11.8 Å². The first-order chi connectivity index (χ1) is 16.5. The molecule has 0 radical (unpaired) electrons. The topological polar surface area (TPSA) is 109 Å². The molecule has 2 aliphatic heterocycles. The molecule has 4 bridgehead atoms. The predicted octanol–water partition coefficient (Wildman–Crippen LogP) is 3.23. The zero-order chi connectivity index (χ0) is 24.2. The minimum atomic E-state index is -0.189. The van der Waals surface area contributed by atoms with E-state index in [-0.39, 0.29) is 23.3 Å². The number of benzene rings is 2. The standard InChI is InChI=1S/C26H31N3O5/c1-33-24-18-20-6-10-22(24)34-23-17-19(5-9-21(23)30)7-11-26(32)29-16-4-14-27-13-2-3-15-28-25(31)12-8-20/h5-12,17-18,27,30H,2-4,13-16H2,1H3,(H,28,31)(H,29,32)/b11-7-,12-8-. The lowest BCUT2D eigenvalue weighted by molar-refractivity contribution is -0.117. The molecule has 8 heteroatoms. The van der Waals surface area contributed by atoms with Crippen molar-refractivity contribution in [2.45, 2.75) is 19.3 Å². The zero-order valence-electron chi connectivity index (χ0n) is 19.3. The van der Waals surface area contributed by atoms with Gasteiger partial charge >= 0.3 is 0 Å². The van der Waals surface area contributed by atoms with E-state index in [1.54, 1.807) is 42.5 Å². The van der Waals surface area contributed by atoms with Crippen LogP contribution in [0.15, 0.2) is 48.6 Å². The average Bonchev–Trinajstić information content (AvgIpc) is 2.84. The van der Waals surface area contributed by atoms with Crippen molar-refractivity contribution in [1.82, 2.24) is 16.0 Å². The molecule has 4 N–H and O–H groups in total. The fourth-order valence-corrected chi connectivity index (χ4v) is 3.31. The molecule has 0 atom stereocenters. The van der Waals surface area contributed by atoms with E-state index in [0.29, 0.717) is 30.2 Å². The first-order valence-corrected chi connectivity index (χ1v) is 11.4. The van der Waals surface area contributed by atoms with Crippen LogP contribution in [0.1, 0.15) is 30.4 Å². The number of amides is 2. The second-order valence-electron chi connectivity index (χ2n) is 7.80. The molecule has 4 rings (SSSR count). The molecule has 34 heavy (non-hydrogen) atoms. The van der Waals surface area contributed by atoms with Crippen molar-refractivity contribution in [1.29, 1.82) is 0 Å². The summed E-state index contributed by atoms with van der Waals surface area (Å²) >= 11 is 0. The molecule has 0 fully saturated rings. The van der Waals surface area contributed by atoms with Gasteiger partial charge in [0.15, 0.2) is 23.0 Å². The maximum Gasteiger partial charge on any atom is 0.243 e. The lowest BCUT2D eigenvalue weighted by Gasteiger charge is -2.12. The first-order valence-electron chi connectivity index (χ1n) is 11.4. The minimum absolute atomic E-state index is 0.0433. The fraction of sp³-hybridized carbons (Fsp3) is 0.308. The van der Waals surface area contributed by atoms with Crippen molar-refractivity contribution in [3.8, 4) is 23.0 Å². The lowest BCUT2D eigenvalue weighted by Crippen LogP contribution is -2.27. The molecule has 2 aliphatic rings. The van der Waals surface area contributed by atoms with E-state index in [0.717, 1.165) is 37.9 Å². The van der Waals surface area contributed by atoms with Gasteiger partial charge in [-0.2, -0.15) is 0 Å². The average molecular weight is 466 g/mol. The monoisotopic (exact) mass is 465 g/mol. The maximum absolute atomic E-state index is 12.1. The largest absolute Gasteiger partial charge is 0.504 e. The number of methoxy groups -OCH3 is 1. The summed E-state index contributed by atoms with van der Waals surface area (Å²) < 4.78 is 11.3. The third-order valence-corrected chi connectivity index (χ3v) is 5.15. The van der Waals surface area contributed by atoms with E-state index >= 15 is 0 Å². The SMILES string of the molecule is COc1cc2ccc1Oc1cc(ccc1O)/C=C\C(=O)NCCCNCCCCNC(=O)/C=C\2. The number of carbonyl (C=O) groups excluding carboxylic acids is 2. The fourth-order valence-electron chi connectivity index (χ4n) is 3.31. The summed E-state index contributed by atoms with van der Waals surface area (Å²) in [5, 5.41) is 19.3. The molecule has 180 valence electrons. The number of ether oxygens (including phenoxy) is 2. The molecule has 2 heterocycles. The predicted molar refractivity (Wildman–Crippen MR) is 132 cm³/mol. The van der Waals surface area contributed by atoms with Gasteiger partial charge in [0.1, 0.15) is 0 Å². The van der Waals surface area contributed by atoms with Crippen LogP contribution in [0, 0.1) is 0 Å². The number of rotatable bonds is 1. The Labute approximate surface area is 199 Å². The van der Waals surface area contributed by atoms with Crippen LogP contribution in [0.3, 0.4) is 0 Å². The molecular formula is C26H31N3O5. The van der Waals surface area contributed by atoms with Gasteiger partial charge in [-0.15, -0.1) is 0 Å². The van der Waals surface area contributed by atoms with E-state index < -0.39 is 0 Å². The third kappa shape index (κ3) is 7.97. The van der Waals surface area contributed by atoms with Gasteiger partial charge in [-0.3, -0.25) is 9.59 Å². The summed E-state index contributed by atoms with van der Waals surface area (Å²) in [7, 11) is 1.52. The van der Waals surface area contributed by atoms with Crippen LogP contribution in [0.2, 0.25) is 0 Å². The Morgan fingerprint density at radius 2 is 1.38 bits per heavy atom. The highest BCUT2D eigenvalue weighted by atomic mass is 16.5. The molecule has 8 nitrogen and oxygen atoms in total. The second-order valence-corrected chi connectivity index (χ2v) is 7.80. The van der Waals surface area contributed by atoms with Crippen LogP contribution in [0.25, 0.3) is 12.2 Å². The Morgan fingerprint density at radius 3 is 2.12 bits per heavy atom. The normalized spacial score (nSPS) is 18.0. The van der Waals surface area contributed by atoms with Crippen molar-refractivity contribution in [3.05, 3.63) is 59.7 Å². The van der Waals surface area contributed by atoms with E-state index in [1.807, 2.05) is 0 Å². The molecular weight excluding hydrogens is 434 g/mol. The number of hydrogen-bond donors (Lipinski definition) is 4. The molecule has 0 aliphatic carbocycles. The van der Waals surface area contributed by atoms with Crippen molar-refractivity contribution >= 4 is 24.0 Å². The van der Waals surface area contributed by atoms with Gasteiger partial charge in [0, 0.05) is 25.2 Å². The molecule has 2 aromatic rings. The van der Waals surface area contributed by atoms with Crippen LogP contribution in [0.5, 0.6) is 23.0 Å². The number of nitrogens with one attached hydrogen (secondary N) is 3. The van der Waals surface area contributed by atoms with Gasteiger partial charge in [-0.25, -0.2) is 0 Å². The summed E-state index contributed by atoms with van der Waals surface area (Å²) in [6.07, 6.45) is 8.95. The number of carbonyl (C=O) groups is 2. The van der Waals surface area contributed by atoms with Crippen molar-refractivity contribution in [3.63, 3.8) is 0 Å². The van der Waals surface area contributed by atoms with Gasteiger partial charge < -0.3 is 30.5 Å². The van der Waals surface area contributed by atoms with Crippen molar-refractivity contribution in [2.75, 3.05) is 33.3 Å². The number of hydrogen-bond acceptors (Lipinski definition) is 6. The highest BCUT2D eigenvalue weighted by Gasteiger charge is 2.10. The molecule has 0 spiro atoms. The Bertz CT molecular complexity index is 1050. The summed E-state index contributed by atoms with van der Waals surface area (Å²) in [6, 6.07) is 10.1. The summed E-state index contributed by atoms with van der Waals surface area (Å²) in [4.78, 5) is 24.2. The van der Waals surface area contributed by atoms with Crippen LogP contribution in [0.4, 0.5) is 0 Å². The summed E-state index contributed by atoms with van der Waals surface area (Å²) in [5.74, 6) is 0.686. The Kier molecular flexibility index (Phi) is 9.54. The molecule has 0 aromatic heterocycles. The zero-order valence-corrected chi connectivity index (χ0v) is 19.3. The molecule has 2 aromatic carbocycles. The van der Waals surface area contributed by atoms with Crippen molar-refractivity contribution < 1.29 is 24.2 Å². The Balaban J connectivity index is 1.81. The third-order valence-electron chi connectivity index (χ3n) is 5.15.